The minimum Gasteiger partial charge on any atom is -0.484 e. The van der Waals surface area contributed by atoms with Gasteiger partial charge in [-0.25, -0.2) is 4.98 Å². The van der Waals surface area contributed by atoms with Crippen LogP contribution >= 0.6 is 11.3 Å². The average Bonchev–Trinajstić information content (AvgIpc) is 3.01. The van der Waals surface area contributed by atoms with Crippen LogP contribution in [0.15, 0.2) is 11.4 Å². The van der Waals surface area contributed by atoms with E-state index in [1.165, 1.54) is 17.1 Å². The van der Waals surface area contributed by atoms with E-state index in [0.717, 1.165) is 43.2 Å². The molecule has 0 aliphatic heterocycles. The van der Waals surface area contributed by atoms with Crippen LogP contribution in [-0.2, 0) is 13.0 Å². The minimum atomic E-state index is 0.785. The van der Waals surface area contributed by atoms with E-state index in [2.05, 4.69) is 43.7 Å². The molecule has 20 heavy (non-hydrogen) atoms. The first-order chi connectivity index (χ1) is 9.71. The van der Waals surface area contributed by atoms with E-state index in [1.807, 2.05) is 0 Å². The van der Waals surface area contributed by atoms with Crippen molar-refractivity contribution in [1.82, 2.24) is 9.55 Å². The third-order valence-electron chi connectivity index (χ3n) is 3.28. The maximum absolute atomic E-state index is 5.72. The lowest BCUT2D eigenvalue weighted by molar-refractivity contribution is 0.327. The molecule has 0 aliphatic rings. The fraction of sp³-hybridized carbons (Fsp3) is 0.562. The number of thiophene rings is 1. The largest absolute Gasteiger partial charge is 0.484 e. The molecule has 3 nitrogen and oxygen atoms in total. The van der Waals surface area contributed by atoms with E-state index >= 15 is 0 Å². The molecule has 0 unspecified atom stereocenters. The molecule has 0 atom stereocenters. The highest BCUT2D eigenvalue weighted by molar-refractivity contribution is 7.12. The summed E-state index contributed by atoms with van der Waals surface area (Å²) in [5, 5.41) is 3.18. The lowest BCUT2D eigenvalue weighted by Crippen LogP contribution is -2.04. The van der Waals surface area contributed by atoms with Crippen molar-refractivity contribution >= 4 is 11.3 Å². The molecule has 0 N–H and O–H groups in total. The molecule has 0 aliphatic carbocycles. The standard InChI is InChI=1S/C16H24N2OS/c1-5-8-18-14(7-3)17-12(4)16(18)13-10-15(20-11-13)19-9-6-2/h10-11H,5-9H2,1-4H3. The first kappa shape index (κ1) is 15.1. The Morgan fingerprint density at radius 1 is 1.25 bits per heavy atom. The van der Waals surface area contributed by atoms with Gasteiger partial charge in [0.25, 0.3) is 0 Å². The second-order valence-electron chi connectivity index (χ2n) is 4.97. The first-order valence-electron chi connectivity index (χ1n) is 7.48. The number of hydrogen-bond donors (Lipinski definition) is 0. The molecule has 0 radical (unpaired) electrons. The Labute approximate surface area is 125 Å². The van der Waals surface area contributed by atoms with E-state index in [9.17, 15) is 0 Å². The molecule has 0 spiro atoms. The molecule has 2 heterocycles. The Morgan fingerprint density at radius 2 is 2.05 bits per heavy atom. The summed E-state index contributed by atoms with van der Waals surface area (Å²) in [5.41, 5.74) is 3.61. The van der Waals surface area contributed by atoms with E-state index in [-0.39, 0.29) is 0 Å². The highest BCUT2D eigenvalue weighted by Crippen LogP contribution is 2.33. The third-order valence-corrected chi connectivity index (χ3v) is 4.12. The van der Waals surface area contributed by atoms with Gasteiger partial charge in [-0.05, 0) is 19.8 Å². The van der Waals surface area contributed by atoms with Crippen molar-refractivity contribution in [2.75, 3.05) is 6.61 Å². The van der Waals surface area contributed by atoms with Gasteiger partial charge >= 0.3 is 0 Å². The van der Waals surface area contributed by atoms with Crippen molar-refractivity contribution in [1.29, 1.82) is 0 Å². The Hall–Kier alpha value is -1.29. The lowest BCUT2D eigenvalue weighted by atomic mass is 10.2. The monoisotopic (exact) mass is 292 g/mol. The lowest BCUT2D eigenvalue weighted by Gasteiger charge is -2.09. The minimum absolute atomic E-state index is 0.785. The molecule has 0 amide bonds. The summed E-state index contributed by atoms with van der Waals surface area (Å²) in [5.74, 6) is 1.18. The fourth-order valence-electron chi connectivity index (χ4n) is 2.45. The van der Waals surface area contributed by atoms with Crippen molar-refractivity contribution < 1.29 is 4.74 Å². The predicted octanol–water partition coefficient (Wildman–Crippen LogP) is 4.68. The zero-order valence-corrected chi connectivity index (χ0v) is 13.7. The van der Waals surface area contributed by atoms with Gasteiger partial charge in [0.1, 0.15) is 5.82 Å². The topological polar surface area (TPSA) is 27.1 Å². The molecule has 0 fully saturated rings. The van der Waals surface area contributed by atoms with E-state index in [1.54, 1.807) is 11.3 Å². The Balaban J connectivity index is 2.35. The fourth-order valence-corrected chi connectivity index (χ4v) is 3.22. The molecule has 2 aromatic rings. The van der Waals surface area contributed by atoms with Crippen LogP contribution in [0.25, 0.3) is 11.3 Å². The average molecular weight is 292 g/mol. The summed E-state index contributed by atoms with van der Waals surface area (Å²) >= 11 is 1.67. The van der Waals surface area contributed by atoms with E-state index in [0.29, 0.717) is 0 Å². The Bertz CT molecular complexity index is 557. The first-order valence-corrected chi connectivity index (χ1v) is 8.36. The van der Waals surface area contributed by atoms with Crippen molar-refractivity contribution in [2.45, 2.75) is 53.5 Å². The number of rotatable bonds is 7. The van der Waals surface area contributed by atoms with Gasteiger partial charge < -0.3 is 9.30 Å². The SMILES string of the molecule is CCCOc1cc(-c2c(C)nc(CC)n2CCC)cs1. The van der Waals surface area contributed by atoms with Crippen molar-refractivity contribution in [3.63, 3.8) is 0 Å². The molecule has 0 saturated carbocycles. The van der Waals surface area contributed by atoms with Gasteiger partial charge in [-0.2, -0.15) is 0 Å². The molecular weight excluding hydrogens is 268 g/mol. The summed E-state index contributed by atoms with van der Waals surface area (Å²) < 4.78 is 8.08. The van der Waals surface area contributed by atoms with Crippen LogP contribution in [0.4, 0.5) is 0 Å². The van der Waals surface area contributed by atoms with Gasteiger partial charge in [0.05, 0.1) is 18.0 Å². The summed E-state index contributed by atoms with van der Waals surface area (Å²) in [6.45, 7) is 10.4. The summed E-state index contributed by atoms with van der Waals surface area (Å²) in [6, 6.07) is 2.15. The van der Waals surface area contributed by atoms with Gasteiger partial charge in [-0.1, -0.05) is 20.8 Å². The molecule has 0 aromatic carbocycles. The van der Waals surface area contributed by atoms with E-state index < -0.39 is 0 Å². The maximum Gasteiger partial charge on any atom is 0.174 e. The third kappa shape index (κ3) is 3.06. The maximum atomic E-state index is 5.72. The zero-order chi connectivity index (χ0) is 14.5. The highest BCUT2D eigenvalue weighted by atomic mass is 32.1. The number of hydrogen-bond acceptors (Lipinski definition) is 3. The summed E-state index contributed by atoms with van der Waals surface area (Å²) in [6.07, 6.45) is 3.14. The van der Waals surface area contributed by atoms with Crippen molar-refractivity contribution in [3.8, 4) is 16.3 Å². The molecular formula is C16H24N2OS. The van der Waals surface area contributed by atoms with Crippen LogP contribution in [0, 0.1) is 6.92 Å². The number of aryl methyl sites for hydroxylation is 2. The number of nitrogens with zero attached hydrogens (tertiary/aromatic N) is 2. The van der Waals surface area contributed by atoms with Crippen LogP contribution in [0.5, 0.6) is 5.06 Å². The van der Waals surface area contributed by atoms with Crippen molar-refractivity contribution in [2.24, 2.45) is 0 Å². The quantitative estimate of drug-likeness (QED) is 0.740. The van der Waals surface area contributed by atoms with Crippen LogP contribution in [-0.4, -0.2) is 16.2 Å². The summed E-state index contributed by atoms with van der Waals surface area (Å²) in [4.78, 5) is 4.72. The molecule has 0 saturated heterocycles. The summed E-state index contributed by atoms with van der Waals surface area (Å²) in [7, 11) is 0. The molecule has 2 aromatic heterocycles. The van der Waals surface area contributed by atoms with Gasteiger partial charge in [0, 0.05) is 30.0 Å². The number of aromatic nitrogens is 2. The second kappa shape index (κ2) is 6.93. The van der Waals surface area contributed by atoms with Gasteiger partial charge in [-0.15, -0.1) is 11.3 Å². The van der Waals surface area contributed by atoms with Crippen LogP contribution < -0.4 is 4.74 Å². The Kier molecular flexibility index (Phi) is 5.24. The van der Waals surface area contributed by atoms with Crippen LogP contribution in [0.3, 0.4) is 0 Å². The number of ether oxygens (including phenoxy) is 1. The van der Waals surface area contributed by atoms with Gasteiger partial charge in [0.15, 0.2) is 5.06 Å². The van der Waals surface area contributed by atoms with Gasteiger partial charge in [-0.3, -0.25) is 0 Å². The Morgan fingerprint density at radius 3 is 2.70 bits per heavy atom. The number of imidazole rings is 1. The molecule has 110 valence electrons. The molecule has 0 bridgehead atoms. The van der Waals surface area contributed by atoms with Crippen LogP contribution in [0.2, 0.25) is 0 Å². The van der Waals surface area contributed by atoms with Crippen LogP contribution in [0.1, 0.15) is 45.1 Å². The molecule has 2 rings (SSSR count). The highest BCUT2D eigenvalue weighted by Gasteiger charge is 2.16. The zero-order valence-electron chi connectivity index (χ0n) is 12.9. The molecule has 4 heteroatoms. The van der Waals surface area contributed by atoms with E-state index in [4.69, 9.17) is 9.72 Å². The normalized spacial score (nSPS) is 11.0. The smallest absolute Gasteiger partial charge is 0.174 e. The predicted molar refractivity (Wildman–Crippen MR) is 85.7 cm³/mol. The second-order valence-corrected chi connectivity index (χ2v) is 5.84. The van der Waals surface area contributed by atoms with Gasteiger partial charge in [0.2, 0.25) is 0 Å². The van der Waals surface area contributed by atoms with Crippen molar-refractivity contribution in [3.05, 3.63) is 23.0 Å².